The Hall–Kier alpha value is -1.36. The van der Waals surface area contributed by atoms with Crippen molar-refractivity contribution in [2.24, 2.45) is 17.6 Å². The molecule has 0 saturated heterocycles. The lowest BCUT2D eigenvalue weighted by atomic mass is 9.87. The predicted octanol–water partition coefficient (Wildman–Crippen LogP) is 2.62. The lowest BCUT2D eigenvalue weighted by Crippen LogP contribution is -2.18. The van der Waals surface area contributed by atoms with Crippen molar-refractivity contribution in [1.29, 1.82) is 0 Å². The second-order valence-corrected chi connectivity index (χ2v) is 6.40. The topological polar surface area (TPSA) is 81.1 Å². The maximum atomic E-state index is 11.3. The maximum Gasteiger partial charge on any atom is 0.306 e. The van der Waals surface area contributed by atoms with E-state index in [0.29, 0.717) is 25.4 Å². The van der Waals surface area contributed by atoms with E-state index < -0.39 is 5.97 Å². The molecule has 1 heterocycles. The average Bonchev–Trinajstić information content (AvgIpc) is 2.92. The van der Waals surface area contributed by atoms with E-state index in [1.807, 2.05) is 12.5 Å². The van der Waals surface area contributed by atoms with Crippen molar-refractivity contribution >= 4 is 5.97 Å². The van der Waals surface area contributed by atoms with Gasteiger partial charge in [0.25, 0.3) is 0 Å². The zero-order chi connectivity index (χ0) is 15.2. The number of carboxylic acid groups (broad SMARTS) is 1. The minimum atomic E-state index is -0.746. The molecular formula is C16H27N3O2. The van der Waals surface area contributed by atoms with Crippen molar-refractivity contribution in [2.75, 3.05) is 6.54 Å². The molecule has 118 valence electrons. The highest BCUT2D eigenvalue weighted by Crippen LogP contribution is 2.31. The van der Waals surface area contributed by atoms with Gasteiger partial charge in [0.2, 0.25) is 0 Å². The molecule has 21 heavy (non-hydrogen) atoms. The first-order valence-electron chi connectivity index (χ1n) is 8.05. The molecule has 0 aromatic carbocycles. The van der Waals surface area contributed by atoms with E-state index in [-0.39, 0.29) is 5.92 Å². The number of aliphatic carboxylic acids is 1. The van der Waals surface area contributed by atoms with Gasteiger partial charge in [0, 0.05) is 18.7 Å². The van der Waals surface area contributed by atoms with Crippen molar-refractivity contribution in [3.05, 3.63) is 18.2 Å². The van der Waals surface area contributed by atoms with Gasteiger partial charge in [-0.25, -0.2) is 4.98 Å². The van der Waals surface area contributed by atoms with Gasteiger partial charge in [-0.05, 0) is 51.0 Å². The maximum absolute atomic E-state index is 11.3. The van der Waals surface area contributed by atoms with E-state index in [4.69, 9.17) is 5.73 Å². The standard InChI is InChI=1S/C16H27N3O2/c1-12-4-6-15(7-5-12)19-10-14(18-11-19)9-13(16(20)21)3-2-8-17/h10-13,15H,2-9,17H2,1H3,(H,20,21). The highest BCUT2D eigenvalue weighted by atomic mass is 16.4. The molecule has 1 unspecified atom stereocenters. The number of imidazole rings is 1. The van der Waals surface area contributed by atoms with Gasteiger partial charge in [0.15, 0.2) is 0 Å². The van der Waals surface area contributed by atoms with E-state index in [0.717, 1.165) is 18.0 Å². The Kier molecular flexibility index (Phi) is 5.79. The number of rotatable bonds is 7. The van der Waals surface area contributed by atoms with Crippen LogP contribution >= 0.6 is 0 Å². The predicted molar refractivity (Wildman–Crippen MR) is 82.0 cm³/mol. The molecule has 1 fully saturated rings. The summed E-state index contributed by atoms with van der Waals surface area (Å²) in [4.78, 5) is 15.7. The fraction of sp³-hybridized carbons (Fsp3) is 0.750. The molecule has 0 spiro atoms. The molecule has 5 heteroatoms. The van der Waals surface area contributed by atoms with Crippen LogP contribution in [0.3, 0.4) is 0 Å². The summed E-state index contributed by atoms with van der Waals surface area (Å²) in [5.41, 5.74) is 6.36. The van der Waals surface area contributed by atoms with E-state index in [9.17, 15) is 9.90 Å². The van der Waals surface area contributed by atoms with Crippen LogP contribution in [0.4, 0.5) is 0 Å². The van der Waals surface area contributed by atoms with Crippen LogP contribution in [0.15, 0.2) is 12.5 Å². The smallest absolute Gasteiger partial charge is 0.306 e. The molecular weight excluding hydrogens is 266 g/mol. The minimum absolute atomic E-state index is 0.372. The SMILES string of the molecule is CC1CCC(n2cnc(CC(CCCN)C(=O)O)c2)CC1. The van der Waals surface area contributed by atoms with Crippen LogP contribution in [0.1, 0.15) is 57.2 Å². The summed E-state index contributed by atoms with van der Waals surface area (Å²) in [6.07, 6.45) is 10.7. The van der Waals surface area contributed by atoms with E-state index in [2.05, 4.69) is 16.5 Å². The summed E-state index contributed by atoms with van der Waals surface area (Å²) >= 11 is 0. The molecule has 0 amide bonds. The molecule has 1 aromatic rings. The summed E-state index contributed by atoms with van der Waals surface area (Å²) in [7, 11) is 0. The number of nitrogens with zero attached hydrogens (tertiary/aromatic N) is 2. The number of nitrogens with two attached hydrogens (primary N) is 1. The van der Waals surface area contributed by atoms with Crippen molar-refractivity contribution in [3.63, 3.8) is 0 Å². The first kappa shape index (κ1) is 16.0. The van der Waals surface area contributed by atoms with Crippen molar-refractivity contribution < 1.29 is 9.90 Å². The molecule has 1 aliphatic carbocycles. The van der Waals surface area contributed by atoms with Crippen molar-refractivity contribution in [1.82, 2.24) is 9.55 Å². The third kappa shape index (κ3) is 4.56. The van der Waals surface area contributed by atoms with Gasteiger partial charge < -0.3 is 15.4 Å². The normalized spacial score (nSPS) is 23.9. The van der Waals surface area contributed by atoms with E-state index in [1.165, 1.54) is 25.7 Å². The quantitative estimate of drug-likeness (QED) is 0.809. The molecule has 5 nitrogen and oxygen atoms in total. The van der Waals surface area contributed by atoms with Crippen LogP contribution in [0.25, 0.3) is 0 Å². The second kappa shape index (κ2) is 7.59. The highest BCUT2D eigenvalue weighted by Gasteiger charge is 2.22. The Morgan fingerprint density at radius 3 is 2.81 bits per heavy atom. The Labute approximate surface area is 126 Å². The molecule has 0 aliphatic heterocycles. The second-order valence-electron chi connectivity index (χ2n) is 6.40. The molecule has 0 radical (unpaired) electrons. The average molecular weight is 293 g/mol. The number of carbonyl (C=O) groups is 1. The van der Waals surface area contributed by atoms with E-state index >= 15 is 0 Å². The van der Waals surface area contributed by atoms with Crippen LogP contribution in [0.2, 0.25) is 0 Å². The summed E-state index contributed by atoms with van der Waals surface area (Å²) in [5, 5.41) is 9.27. The van der Waals surface area contributed by atoms with Crippen LogP contribution in [0, 0.1) is 11.8 Å². The van der Waals surface area contributed by atoms with Gasteiger partial charge >= 0.3 is 5.97 Å². The Balaban J connectivity index is 1.93. The van der Waals surface area contributed by atoms with Crippen LogP contribution in [0.5, 0.6) is 0 Å². The first-order valence-corrected chi connectivity index (χ1v) is 8.05. The van der Waals surface area contributed by atoms with Gasteiger partial charge in [0.1, 0.15) is 0 Å². The number of aromatic nitrogens is 2. The van der Waals surface area contributed by atoms with Gasteiger partial charge in [-0.2, -0.15) is 0 Å². The molecule has 1 atom stereocenters. The zero-order valence-electron chi connectivity index (χ0n) is 12.9. The van der Waals surface area contributed by atoms with Gasteiger partial charge in [-0.3, -0.25) is 4.79 Å². The molecule has 1 aromatic heterocycles. The van der Waals surface area contributed by atoms with Crippen molar-refractivity contribution in [3.8, 4) is 0 Å². The summed E-state index contributed by atoms with van der Waals surface area (Å²) in [6.45, 7) is 2.85. The molecule has 1 saturated carbocycles. The van der Waals surface area contributed by atoms with Crippen LogP contribution in [-0.4, -0.2) is 27.2 Å². The monoisotopic (exact) mass is 293 g/mol. The largest absolute Gasteiger partial charge is 0.481 e. The Morgan fingerprint density at radius 2 is 2.19 bits per heavy atom. The van der Waals surface area contributed by atoms with Crippen LogP contribution < -0.4 is 5.73 Å². The van der Waals surface area contributed by atoms with Gasteiger partial charge in [-0.15, -0.1) is 0 Å². The third-order valence-corrected chi connectivity index (χ3v) is 4.62. The molecule has 3 N–H and O–H groups in total. The van der Waals surface area contributed by atoms with Crippen LogP contribution in [-0.2, 0) is 11.2 Å². The highest BCUT2D eigenvalue weighted by molar-refractivity contribution is 5.70. The minimum Gasteiger partial charge on any atom is -0.481 e. The third-order valence-electron chi connectivity index (χ3n) is 4.62. The first-order chi connectivity index (χ1) is 10.1. The summed E-state index contributed by atoms with van der Waals surface area (Å²) in [5.74, 6) is -0.287. The number of hydrogen-bond acceptors (Lipinski definition) is 3. The number of carboxylic acids is 1. The fourth-order valence-corrected chi connectivity index (χ4v) is 3.15. The fourth-order valence-electron chi connectivity index (χ4n) is 3.15. The Bertz CT molecular complexity index is 450. The lowest BCUT2D eigenvalue weighted by molar-refractivity contribution is -0.142. The number of hydrogen-bond donors (Lipinski definition) is 2. The summed E-state index contributed by atoms with van der Waals surface area (Å²) < 4.78 is 2.18. The summed E-state index contributed by atoms with van der Waals surface area (Å²) in [6, 6.07) is 0.537. The van der Waals surface area contributed by atoms with E-state index in [1.54, 1.807) is 0 Å². The zero-order valence-corrected chi connectivity index (χ0v) is 12.9. The molecule has 0 bridgehead atoms. The Morgan fingerprint density at radius 1 is 1.48 bits per heavy atom. The van der Waals surface area contributed by atoms with Crippen molar-refractivity contribution in [2.45, 2.75) is 57.9 Å². The molecule has 1 aliphatic rings. The molecule has 2 rings (SSSR count). The lowest BCUT2D eigenvalue weighted by Gasteiger charge is -2.26. The van der Waals surface area contributed by atoms with Gasteiger partial charge in [0.05, 0.1) is 17.9 Å². The van der Waals surface area contributed by atoms with Gasteiger partial charge in [-0.1, -0.05) is 6.92 Å².